The number of ether oxygens (including phenoxy) is 3. The van der Waals surface area contributed by atoms with Crippen molar-refractivity contribution < 1.29 is 28.2 Å². The van der Waals surface area contributed by atoms with Crippen molar-refractivity contribution in [3.05, 3.63) is 90.5 Å². The van der Waals surface area contributed by atoms with Gasteiger partial charge in [0.05, 0.1) is 13.2 Å². The maximum Gasteiger partial charge on any atom is 0.333 e. The first kappa shape index (κ1) is 24.6. The first-order valence-electron chi connectivity index (χ1n) is 10.0. The van der Waals surface area contributed by atoms with Gasteiger partial charge in [-0.15, -0.1) is 0 Å². The van der Waals surface area contributed by atoms with Crippen LogP contribution in [0.5, 0.6) is 5.75 Å². The van der Waals surface area contributed by atoms with Crippen LogP contribution < -0.4 is 4.74 Å². The maximum atomic E-state index is 14.4. The quantitative estimate of drug-likeness (QED) is 0.146. The number of allylic oxidation sites excluding steroid dienone is 1. The molecule has 0 radical (unpaired) electrons. The average Bonchev–Trinajstić information content (AvgIpc) is 2.76. The van der Waals surface area contributed by atoms with Gasteiger partial charge in [0.1, 0.15) is 17.3 Å². The standard InChI is InChI=1S/C26H27FO5/c1-17(2)19(5)30-14-21(15-31-26(29)18(3)4)12-20-6-8-22(9-7-20)24-11-10-23(32-16-28)13-25(24)27/h6-11,13,16,21H,1,3,5,12,14-15H2,2,4H3. The number of halogens is 1. The molecule has 0 heterocycles. The third-order valence-corrected chi connectivity index (χ3v) is 4.68. The van der Waals surface area contributed by atoms with Gasteiger partial charge in [-0.3, -0.25) is 4.79 Å². The van der Waals surface area contributed by atoms with Crippen LogP contribution in [-0.2, 0) is 25.5 Å². The highest BCUT2D eigenvalue weighted by Crippen LogP contribution is 2.27. The Bertz CT molecular complexity index is 977. The zero-order chi connectivity index (χ0) is 23.7. The molecule has 6 heteroatoms. The molecule has 0 fully saturated rings. The highest BCUT2D eigenvalue weighted by atomic mass is 19.1. The van der Waals surface area contributed by atoms with Gasteiger partial charge >= 0.3 is 5.97 Å². The largest absolute Gasteiger partial charge is 0.494 e. The van der Waals surface area contributed by atoms with Crippen molar-refractivity contribution in [3.8, 4) is 16.9 Å². The molecule has 32 heavy (non-hydrogen) atoms. The Morgan fingerprint density at radius 1 is 1.00 bits per heavy atom. The van der Waals surface area contributed by atoms with Crippen LogP contribution in [0.25, 0.3) is 11.1 Å². The van der Waals surface area contributed by atoms with Crippen LogP contribution in [0.2, 0.25) is 0 Å². The summed E-state index contributed by atoms with van der Waals surface area (Å²) in [6, 6.07) is 11.6. The molecule has 0 spiro atoms. The molecule has 1 unspecified atom stereocenters. The van der Waals surface area contributed by atoms with Crippen LogP contribution in [0.4, 0.5) is 4.39 Å². The van der Waals surface area contributed by atoms with Crippen molar-refractivity contribution in [1.82, 2.24) is 0 Å². The molecule has 1 atom stereocenters. The fourth-order valence-corrected chi connectivity index (χ4v) is 2.84. The molecule has 0 saturated carbocycles. The van der Waals surface area contributed by atoms with E-state index in [1.807, 2.05) is 12.1 Å². The second-order valence-corrected chi connectivity index (χ2v) is 7.52. The van der Waals surface area contributed by atoms with Gasteiger partial charge in [0.2, 0.25) is 0 Å². The lowest BCUT2D eigenvalue weighted by molar-refractivity contribution is -0.140. The number of hydrogen-bond donors (Lipinski definition) is 0. The molecule has 2 aromatic carbocycles. The Morgan fingerprint density at radius 2 is 1.66 bits per heavy atom. The summed E-state index contributed by atoms with van der Waals surface area (Å²) in [6.45, 7) is 15.3. The van der Waals surface area contributed by atoms with E-state index in [2.05, 4.69) is 24.5 Å². The first-order valence-corrected chi connectivity index (χ1v) is 10.0. The van der Waals surface area contributed by atoms with Gasteiger partial charge in [-0.25, -0.2) is 9.18 Å². The Kier molecular flexibility index (Phi) is 8.95. The minimum atomic E-state index is -0.492. The lowest BCUT2D eigenvalue weighted by Gasteiger charge is -2.19. The van der Waals surface area contributed by atoms with Crippen molar-refractivity contribution in [2.45, 2.75) is 20.3 Å². The molecule has 0 aliphatic heterocycles. The van der Waals surface area contributed by atoms with E-state index in [-0.39, 0.29) is 24.7 Å². The lowest BCUT2D eigenvalue weighted by atomic mass is 9.97. The van der Waals surface area contributed by atoms with Crippen LogP contribution >= 0.6 is 0 Å². The molecule has 5 nitrogen and oxygen atoms in total. The SMILES string of the molecule is C=C(C)C(=C)OCC(COC(=O)C(=C)C)Cc1ccc(-c2ccc(OC=O)cc2F)cc1. The number of hydrogen-bond acceptors (Lipinski definition) is 5. The smallest absolute Gasteiger partial charge is 0.333 e. The average molecular weight is 438 g/mol. The van der Waals surface area contributed by atoms with Crippen LogP contribution in [0.1, 0.15) is 19.4 Å². The van der Waals surface area contributed by atoms with E-state index < -0.39 is 11.8 Å². The predicted molar refractivity (Wildman–Crippen MR) is 121 cm³/mol. The summed E-state index contributed by atoms with van der Waals surface area (Å²) in [5.41, 5.74) is 3.09. The van der Waals surface area contributed by atoms with E-state index in [0.717, 1.165) is 17.2 Å². The Hall–Kier alpha value is -3.67. The second-order valence-electron chi connectivity index (χ2n) is 7.52. The molecule has 0 amide bonds. The Morgan fingerprint density at radius 3 is 2.22 bits per heavy atom. The molecular weight excluding hydrogens is 411 g/mol. The number of rotatable bonds is 12. The highest BCUT2D eigenvalue weighted by Gasteiger charge is 2.16. The summed E-state index contributed by atoms with van der Waals surface area (Å²) < 4.78 is 30.0. The van der Waals surface area contributed by atoms with Crippen molar-refractivity contribution >= 4 is 12.4 Å². The minimum Gasteiger partial charge on any atom is -0.494 e. The summed E-state index contributed by atoms with van der Waals surface area (Å²) in [7, 11) is 0. The van der Waals surface area contributed by atoms with Crippen molar-refractivity contribution in [1.29, 1.82) is 0 Å². The van der Waals surface area contributed by atoms with E-state index >= 15 is 0 Å². The highest BCUT2D eigenvalue weighted by molar-refractivity contribution is 5.86. The molecular formula is C26H27FO5. The third kappa shape index (κ3) is 7.23. The topological polar surface area (TPSA) is 61.8 Å². The zero-order valence-electron chi connectivity index (χ0n) is 18.4. The molecule has 2 rings (SSSR count). The lowest BCUT2D eigenvalue weighted by Crippen LogP contribution is -2.21. The molecule has 0 aliphatic carbocycles. The van der Waals surface area contributed by atoms with E-state index in [1.165, 1.54) is 6.07 Å². The predicted octanol–water partition coefficient (Wildman–Crippen LogP) is 5.41. The molecule has 0 aliphatic rings. The van der Waals surface area contributed by atoms with Crippen LogP contribution in [0, 0.1) is 11.7 Å². The molecule has 0 bridgehead atoms. The number of esters is 1. The van der Waals surface area contributed by atoms with Crippen molar-refractivity contribution in [3.63, 3.8) is 0 Å². The first-order chi connectivity index (χ1) is 15.2. The Balaban J connectivity index is 2.11. The second kappa shape index (κ2) is 11.6. The van der Waals surface area contributed by atoms with Gasteiger partial charge in [0.25, 0.3) is 6.47 Å². The van der Waals surface area contributed by atoms with E-state index in [4.69, 9.17) is 9.47 Å². The molecule has 0 N–H and O–H groups in total. The molecule has 0 aromatic heterocycles. The van der Waals surface area contributed by atoms with E-state index in [0.29, 0.717) is 35.5 Å². The zero-order valence-corrected chi connectivity index (χ0v) is 18.4. The van der Waals surface area contributed by atoms with E-state index in [9.17, 15) is 14.0 Å². The van der Waals surface area contributed by atoms with E-state index in [1.54, 1.807) is 32.0 Å². The molecule has 0 saturated heterocycles. The van der Waals surface area contributed by atoms with Gasteiger partial charge < -0.3 is 14.2 Å². The van der Waals surface area contributed by atoms with Gasteiger partial charge in [-0.1, -0.05) is 44.0 Å². The summed E-state index contributed by atoms with van der Waals surface area (Å²) in [5, 5.41) is 0. The number of carbonyl (C=O) groups excluding carboxylic acids is 2. The van der Waals surface area contributed by atoms with Crippen LogP contribution in [0.15, 0.2) is 79.1 Å². The fraction of sp³-hybridized carbons (Fsp3) is 0.231. The molecule has 2 aromatic rings. The normalized spacial score (nSPS) is 11.2. The summed E-state index contributed by atoms with van der Waals surface area (Å²) in [6.07, 6.45) is 0.571. The van der Waals surface area contributed by atoms with Crippen molar-refractivity contribution in [2.75, 3.05) is 13.2 Å². The third-order valence-electron chi connectivity index (χ3n) is 4.68. The summed E-state index contributed by atoms with van der Waals surface area (Å²) >= 11 is 0. The minimum absolute atomic E-state index is 0.128. The number of carbonyl (C=O) groups is 2. The van der Waals surface area contributed by atoms with Crippen LogP contribution in [0.3, 0.4) is 0 Å². The monoisotopic (exact) mass is 438 g/mol. The fourth-order valence-electron chi connectivity index (χ4n) is 2.84. The van der Waals surface area contributed by atoms with Crippen molar-refractivity contribution in [2.24, 2.45) is 5.92 Å². The van der Waals surface area contributed by atoms with Crippen LogP contribution in [-0.4, -0.2) is 25.7 Å². The maximum absolute atomic E-state index is 14.4. The van der Waals surface area contributed by atoms with Gasteiger partial charge in [-0.2, -0.15) is 0 Å². The Labute approximate surface area is 187 Å². The summed E-state index contributed by atoms with van der Waals surface area (Å²) in [5.74, 6) is -0.456. The van der Waals surface area contributed by atoms with Gasteiger partial charge in [-0.05, 0) is 49.1 Å². The van der Waals surface area contributed by atoms with Gasteiger partial charge in [0.15, 0.2) is 0 Å². The summed E-state index contributed by atoms with van der Waals surface area (Å²) in [4.78, 5) is 22.2. The van der Waals surface area contributed by atoms with Gasteiger partial charge in [0, 0.05) is 23.1 Å². The number of benzene rings is 2. The molecule has 168 valence electrons.